The fourth-order valence-electron chi connectivity index (χ4n) is 1.41. The van der Waals surface area contributed by atoms with Gasteiger partial charge in [-0.25, -0.2) is 4.98 Å². The zero-order chi connectivity index (χ0) is 12.8. The molecule has 0 aliphatic rings. The Morgan fingerprint density at radius 2 is 2.33 bits per heavy atom. The van der Waals surface area contributed by atoms with Crippen molar-refractivity contribution in [2.75, 3.05) is 18.4 Å². The van der Waals surface area contributed by atoms with E-state index in [1.165, 1.54) is 11.3 Å². The van der Waals surface area contributed by atoms with Crippen LogP contribution in [0.2, 0.25) is 0 Å². The van der Waals surface area contributed by atoms with E-state index in [4.69, 9.17) is 0 Å². The second-order valence-corrected chi connectivity index (χ2v) is 4.74. The van der Waals surface area contributed by atoms with Crippen LogP contribution < -0.4 is 10.6 Å². The van der Waals surface area contributed by atoms with Crippen molar-refractivity contribution in [2.24, 2.45) is 0 Å². The number of carbonyl (C=O) groups is 1. The second-order valence-electron chi connectivity index (χ2n) is 3.68. The van der Waals surface area contributed by atoms with Crippen molar-refractivity contribution in [3.8, 4) is 0 Å². The van der Waals surface area contributed by atoms with Crippen LogP contribution in [0.5, 0.6) is 0 Å². The summed E-state index contributed by atoms with van der Waals surface area (Å²) in [5.41, 5.74) is 1.43. The van der Waals surface area contributed by atoms with E-state index in [1.807, 2.05) is 19.1 Å². The highest BCUT2D eigenvalue weighted by atomic mass is 32.1. The van der Waals surface area contributed by atoms with Gasteiger partial charge in [0.25, 0.3) is 5.91 Å². The Labute approximate surface area is 109 Å². The lowest BCUT2D eigenvalue weighted by molar-refractivity contribution is 0.0951. The third-order valence-corrected chi connectivity index (χ3v) is 3.03. The fourth-order valence-corrected chi connectivity index (χ4v) is 2.00. The van der Waals surface area contributed by atoms with Crippen molar-refractivity contribution in [1.82, 2.24) is 15.3 Å². The van der Waals surface area contributed by atoms with Gasteiger partial charge in [-0.3, -0.25) is 9.78 Å². The van der Waals surface area contributed by atoms with Crippen molar-refractivity contribution in [1.29, 1.82) is 0 Å². The number of aromatic nitrogens is 2. The smallest absolute Gasteiger partial charge is 0.270 e. The zero-order valence-corrected chi connectivity index (χ0v) is 10.8. The third-order valence-electron chi connectivity index (χ3n) is 2.25. The number of amides is 1. The first-order valence-corrected chi connectivity index (χ1v) is 6.48. The first kappa shape index (κ1) is 12.5. The lowest BCUT2D eigenvalue weighted by Gasteiger charge is -2.06. The maximum atomic E-state index is 11.7. The number of anilines is 1. The third kappa shape index (κ3) is 3.53. The molecule has 2 rings (SSSR count). The number of nitrogens with zero attached hydrogens (tertiary/aromatic N) is 2. The van der Waals surface area contributed by atoms with Gasteiger partial charge < -0.3 is 10.6 Å². The molecule has 2 heterocycles. The minimum Gasteiger partial charge on any atom is -0.382 e. The first-order chi connectivity index (χ1) is 8.75. The number of carbonyl (C=O) groups excluding carboxylic acids is 1. The summed E-state index contributed by atoms with van der Waals surface area (Å²) in [6, 6.07) is 3.79. The number of thiazole rings is 1. The van der Waals surface area contributed by atoms with Crippen LogP contribution in [0, 0.1) is 6.92 Å². The van der Waals surface area contributed by atoms with E-state index < -0.39 is 0 Å². The Morgan fingerprint density at radius 1 is 1.44 bits per heavy atom. The van der Waals surface area contributed by atoms with Gasteiger partial charge in [0.05, 0.1) is 10.7 Å². The van der Waals surface area contributed by atoms with Crippen LogP contribution in [0.4, 0.5) is 5.69 Å². The minimum absolute atomic E-state index is 0.132. The molecule has 1 amide bonds. The Morgan fingerprint density at radius 3 is 3.00 bits per heavy atom. The van der Waals surface area contributed by atoms with Crippen LogP contribution in [-0.2, 0) is 0 Å². The minimum atomic E-state index is -0.132. The molecule has 0 spiro atoms. The molecule has 94 valence electrons. The van der Waals surface area contributed by atoms with Gasteiger partial charge in [-0.15, -0.1) is 11.3 Å². The van der Waals surface area contributed by atoms with Crippen molar-refractivity contribution in [2.45, 2.75) is 6.92 Å². The Bertz CT molecular complexity index is 512. The molecule has 0 bridgehead atoms. The van der Waals surface area contributed by atoms with E-state index in [0.717, 1.165) is 10.7 Å². The predicted octanol–water partition coefficient (Wildman–Crippen LogP) is 1.69. The van der Waals surface area contributed by atoms with Crippen LogP contribution in [-0.4, -0.2) is 29.0 Å². The van der Waals surface area contributed by atoms with E-state index in [9.17, 15) is 4.79 Å². The molecule has 2 aromatic heterocycles. The average molecular weight is 262 g/mol. The summed E-state index contributed by atoms with van der Waals surface area (Å²) in [6.07, 6.45) is 3.46. The lowest BCUT2D eigenvalue weighted by atomic mass is 10.4. The summed E-state index contributed by atoms with van der Waals surface area (Å²) in [7, 11) is 0. The van der Waals surface area contributed by atoms with Gasteiger partial charge in [-0.1, -0.05) is 0 Å². The van der Waals surface area contributed by atoms with Crippen molar-refractivity contribution in [3.05, 3.63) is 40.6 Å². The Balaban J connectivity index is 1.71. The van der Waals surface area contributed by atoms with Crippen LogP contribution >= 0.6 is 11.3 Å². The van der Waals surface area contributed by atoms with E-state index in [-0.39, 0.29) is 5.91 Å². The predicted molar refractivity (Wildman–Crippen MR) is 71.9 cm³/mol. The van der Waals surface area contributed by atoms with Gasteiger partial charge in [0.2, 0.25) is 0 Å². The summed E-state index contributed by atoms with van der Waals surface area (Å²) in [5.74, 6) is -0.132. The molecular weight excluding hydrogens is 248 g/mol. The van der Waals surface area contributed by atoms with Crippen LogP contribution in [0.15, 0.2) is 29.9 Å². The maximum Gasteiger partial charge on any atom is 0.270 e. The normalized spacial score (nSPS) is 10.1. The highest BCUT2D eigenvalue weighted by molar-refractivity contribution is 7.09. The number of nitrogens with one attached hydrogen (secondary N) is 2. The molecule has 0 saturated carbocycles. The zero-order valence-electron chi connectivity index (χ0n) is 10.0. The molecule has 0 aliphatic heterocycles. The van der Waals surface area contributed by atoms with Gasteiger partial charge >= 0.3 is 0 Å². The first-order valence-electron chi connectivity index (χ1n) is 5.60. The molecule has 2 aromatic rings. The molecule has 0 aliphatic carbocycles. The van der Waals surface area contributed by atoms with Gasteiger partial charge in [0.15, 0.2) is 0 Å². The van der Waals surface area contributed by atoms with Gasteiger partial charge in [-0.2, -0.15) is 0 Å². The molecule has 0 fully saturated rings. The summed E-state index contributed by atoms with van der Waals surface area (Å²) in [4.78, 5) is 19.8. The Kier molecular flexibility index (Phi) is 4.25. The standard InChI is InChI=1S/C12H14N4OS/c1-9-16-11(8-18-9)12(17)15-6-5-14-10-3-2-4-13-7-10/h2-4,7-8,14H,5-6H2,1H3,(H,15,17). The van der Waals surface area contributed by atoms with Gasteiger partial charge in [-0.05, 0) is 19.1 Å². The topological polar surface area (TPSA) is 66.9 Å². The highest BCUT2D eigenvalue weighted by Crippen LogP contribution is 2.07. The molecule has 0 unspecified atom stereocenters. The number of aryl methyl sites for hydroxylation is 1. The summed E-state index contributed by atoms with van der Waals surface area (Å²) >= 11 is 1.47. The number of rotatable bonds is 5. The SMILES string of the molecule is Cc1nc(C(=O)NCCNc2cccnc2)cs1. The Hall–Kier alpha value is -1.95. The van der Waals surface area contributed by atoms with Crippen LogP contribution in [0.3, 0.4) is 0 Å². The molecule has 18 heavy (non-hydrogen) atoms. The summed E-state index contributed by atoms with van der Waals surface area (Å²) in [6.45, 7) is 3.08. The van der Waals surface area contributed by atoms with Crippen molar-refractivity contribution in [3.63, 3.8) is 0 Å². The van der Waals surface area contributed by atoms with Gasteiger partial charge in [0.1, 0.15) is 5.69 Å². The summed E-state index contributed by atoms with van der Waals surface area (Å²) < 4.78 is 0. The molecule has 0 saturated heterocycles. The van der Waals surface area contributed by atoms with E-state index in [2.05, 4.69) is 20.6 Å². The molecule has 0 atom stereocenters. The fraction of sp³-hybridized carbons (Fsp3) is 0.250. The largest absolute Gasteiger partial charge is 0.382 e. The number of hydrogen-bond acceptors (Lipinski definition) is 5. The van der Waals surface area contributed by atoms with Gasteiger partial charge in [0, 0.05) is 30.9 Å². The quantitative estimate of drug-likeness (QED) is 0.805. The van der Waals surface area contributed by atoms with Crippen molar-refractivity contribution >= 4 is 22.9 Å². The maximum absolute atomic E-state index is 11.7. The highest BCUT2D eigenvalue weighted by Gasteiger charge is 2.07. The molecule has 6 heteroatoms. The molecule has 0 aromatic carbocycles. The van der Waals surface area contributed by atoms with Crippen LogP contribution in [0.25, 0.3) is 0 Å². The number of pyridine rings is 1. The average Bonchev–Trinajstić information content (AvgIpc) is 2.82. The molecule has 5 nitrogen and oxygen atoms in total. The molecule has 2 N–H and O–H groups in total. The summed E-state index contributed by atoms with van der Waals surface area (Å²) in [5, 5.41) is 8.63. The van der Waals surface area contributed by atoms with Crippen molar-refractivity contribution < 1.29 is 4.79 Å². The monoisotopic (exact) mass is 262 g/mol. The lowest BCUT2D eigenvalue weighted by Crippen LogP contribution is -2.29. The molecule has 0 radical (unpaired) electrons. The number of hydrogen-bond donors (Lipinski definition) is 2. The van der Waals surface area contributed by atoms with E-state index in [1.54, 1.807) is 17.8 Å². The van der Waals surface area contributed by atoms with E-state index >= 15 is 0 Å². The van der Waals surface area contributed by atoms with Crippen LogP contribution in [0.1, 0.15) is 15.5 Å². The second kappa shape index (κ2) is 6.11. The van der Waals surface area contributed by atoms with E-state index in [0.29, 0.717) is 18.8 Å². The molecular formula is C12H14N4OS.